The molecule has 0 aromatic carbocycles. The number of hydrogen-bond acceptors (Lipinski definition) is 4. The molecule has 0 radical (unpaired) electrons. The first-order chi connectivity index (χ1) is 8.28. The van der Waals surface area contributed by atoms with Crippen LogP contribution in [0.2, 0.25) is 0 Å². The first-order valence-corrected chi connectivity index (χ1v) is 7.85. The molecule has 18 heavy (non-hydrogen) atoms. The van der Waals surface area contributed by atoms with E-state index in [1.54, 1.807) is 6.20 Å². The normalized spacial score (nSPS) is 21.3. The van der Waals surface area contributed by atoms with Crippen LogP contribution in [-0.4, -0.2) is 33.3 Å². The van der Waals surface area contributed by atoms with E-state index in [4.69, 9.17) is 0 Å². The maximum Gasteiger partial charge on any atom is 0.256 e. The van der Waals surface area contributed by atoms with Gasteiger partial charge in [-0.25, -0.2) is 8.42 Å². The second-order valence-electron chi connectivity index (χ2n) is 6.24. The van der Waals surface area contributed by atoms with Gasteiger partial charge in [0.15, 0.2) is 0 Å². The van der Waals surface area contributed by atoms with Gasteiger partial charge in [0.25, 0.3) is 10.0 Å². The summed E-state index contributed by atoms with van der Waals surface area (Å²) in [5.74, 6) is 0. The maximum absolute atomic E-state index is 12.1. The minimum absolute atomic E-state index is 0.0912. The van der Waals surface area contributed by atoms with Crippen molar-refractivity contribution in [3.8, 4) is 0 Å². The van der Waals surface area contributed by atoms with Crippen molar-refractivity contribution >= 4 is 10.0 Å². The molecule has 2 heterocycles. The van der Waals surface area contributed by atoms with Crippen LogP contribution in [0.15, 0.2) is 6.20 Å². The molecule has 0 bridgehead atoms. The highest BCUT2D eigenvalue weighted by molar-refractivity contribution is 7.90. The number of aromatic nitrogens is 2. The highest BCUT2D eigenvalue weighted by Crippen LogP contribution is 2.32. The van der Waals surface area contributed by atoms with Gasteiger partial charge in [0.05, 0.1) is 10.9 Å². The van der Waals surface area contributed by atoms with Crippen LogP contribution in [0.5, 0.6) is 0 Å². The summed E-state index contributed by atoms with van der Waals surface area (Å²) < 4.78 is 25.3. The van der Waals surface area contributed by atoms with Crippen molar-refractivity contribution in [2.24, 2.45) is 0 Å². The summed E-state index contributed by atoms with van der Waals surface area (Å²) in [6.45, 7) is 8.01. The molecule has 0 amide bonds. The van der Waals surface area contributed by atoms with Crippen LogP contribution in [0.1, 0.15) is 44.9 Å². The van der Waals surface area contributed by atoms with E-state index in [9.17, 15) is 8.42 Å². The van der Waals surface area contributed by atoms with Crippen LogP contribution in [0.4, 0.5) is 0 Å². The lowest BCUT2D eigenvalue weighted by molar-refractivity contribution is 0.134. The highest BCUT2D eigenvalue weighted by atomic mass is 32.2. The lowest BCUT2D eigenvalue weighted by Crippen LogP contribution is -2.37. The summed E-state index contributed by atoms with van der Waals surface area (Å²) in [4.78, 5) is 2.30. The Morgan fingerprint density at radius 1 is 1.28 bits per heavy atom. The lowest BCUT2D eigenvalue weighted by Gasteiger charge is -2.31. The number of fused-ring (bicyclic) bond motifs is 1. The molecule has 100 valence electrons. The summed E-state index contributed by atoms with van der Waals surface area (Å²) >= 11 is 0. The van der Waals surface area contributed by atoms with Gasteiger partial charge in [-0.2, -0.15) is 9.19 Å². The molecule has 6 heteroatoms. The van der Waals surface area contributed by atoms with Crippen LogP contribution in [0.25, 0.3) is 0 Å². The second kappa shape index (κ2) is 3.57. The van der Waals surface area contributed by atoms with Crippen LogP contribution >= 0.6 is 0 Å². The predicted octanol–water partition coefficient (Wildman–Crippen LogP) is 1.34. The Hall–Kier alpha value is -0.880. The Balaban J connectivity index is 1.86. The molecule has 1 aliphatic carbocycles. The number of hydrogen-bond donors (Lipinski definition) is 0. The minimum atomic E-state index is -3.21. The van der Waals surface area contributed by atoms with E-state index >= 15 is 0 Å². The minimum Gasteiger partial charge on any atom is -0.288 e. The standard InChI is InChI=1S/C12H19N3O2S/c1-12(2,3)14-6-9-7-15(13-11(9)8-14)18(16,17)10-4-5-10/h7,10H,4-6,8H2,1-3H3. The SMILES string of the molecule is CC(C)(C)N1Cc2cn(S(=O)(=O)C3CC3)nc2C1. The van der Waals surface area contributed by atoms with Crippen molar-refractivity contribution in [3.05, 3.63) is 17.5 Å². The maximum atomic E-state index is 12.1. The molecule has 0 spiro atoms. The van der Waals surface area contributed by atoms with Crippen molar-refractivity contribution in [1.82, 2.24) is 14.1 Å². The van der Waals surface area contributed by atoms with Gasteiger partial charge in [0.2, 0.25) is 0 Å². The summed E-state index contributed by atoms with van der Waals surface area (Å²) in [6.07, 6.45) is 3.26. The molecule has 1 fully saturated rings. The third kappa shape index (κ3) is 1.87. The molecule has 2 aliphatic rings. The highest BCUT2D eigenvalue weighted by Gasteiger charge is 2.39. The van der Waals surface area contributed by atoms with Crippen LogP contribution in [0.3, 0.4) is 0 Å². The molecule has 1 aromatic heterocycles. The fourth-order valence-electron chi connectivity index (χ4n) is 2.25. The van der Waals surface area contributed by atoms with Gasteiger partial charge in [-0.15, -0.1) is 0 Å². The zero-order chi connectivity index (χ0) is 13.1. The van der Waals surface area contributed by atoms with Crippen LogP contribution in [-0.2, 0) is 23.1 Å². The van der Waals surface area contributed by atoms with Gasteiger partial charge in [-0.05, 0) is 33.6 Å². The quantitative estimate of drug-likeness (QED) is 0.813. The number of rotatable bonds is 2. The Kier molecular flexibility index (Phi) is 2.41. The predicted molar refractivity (Wildman–Crippen MR) is 68.6 cm³/mol. The first-order valence-electron chi connectivity index (χ1n) is 6.35. The third-order valence-electron chi connectivity index (χ3n) is 3.71. The summed E-state index contributed by atoms with van der Waals surface area (Å²) in [6, 6.07) is 0. The molecular weight excluding hydrogens is 250 g/mol. The van der Waals surface area contributed by atoms with E-state index in [-0.39, 0.29) is 10.8 Å². The molecule has 1 saturated carbocycles. The van der Waals surface area contributed by atoms with E-state index < -0.39 is 10.0 Å². The topological polar surface area (TPSA) is 55.2 Å². The Morgan fingerprint density at radius 2 is 1.94 bits per heavy atom. The third-order valence-corrected chi connectivity index (χ3v) is 5.74. The van der Waals surface area contributed by atoms with E-state index in [1.807, 2.05) is 0 Å². The Bertz CT molecular complexity index is 555. The summed E-state index contributed by atoms with van der Waals surface area (Å²) in [7, 11) is -3.21. The molecule has 0 saturated heterocycles. The fraction of sp³-hybridized carbons (Fsp3) is 0.750. The molecule has 1 aliphatic heterocycles. The van der Waals surface area contributed by atoms with E-state index in [1.165, 1.54) is 4.09 Å². The largest absolute Gasteiger partial charge is 0.288 e. The summed E-state index contributed by atoms with van der Waals surface area (Å²) in [5.41, 5.74) is 2.05. The Labute approximate surface area is 108 Å². The molecule has 1 aromatic rings. The van der Waals surface area contributed by atoms with Gasteiger partial charge in [-0.3, -0.25) is 4.90 Å². The lowest BCUT2D eigenvalue weighted by atomic mass is 10.1. The van der Waals surface area contributed by atoms with Crippen molar-refractivity contribution in [3.63, 3.8) is 0 Å². The van der Waals surface area contributed by atoms with E-state index in [2.05, 4.69) is 30.8 Å². The molecular formula is C12H19N3O2S. The van der Waals surface area contributed by atoms with Gasteiger partial charge in [0, 0.05) is 30.4 Å². The molecule has 5 nitrogen and oxygen atoms in total. The molecule has 0 atom stereocenters. The van der Waals surface area contributed by atoms with Crippen molar-refractivity contribution in [2.75, 3.05) is 0 Å². The Morgan fingerprint density at radius 3 is 2.44 bits per heavy atom. The second-order valence-corrected chi connectivity index (χ2v) is 8.32. The van der Waals surface area contributed by atoms with E-state index in [0.29, 0.717) is 0 Å². The fourth-order valence-corrected chi connectivity index (χ4v) is 3.77. The van der Waals surface area contributed by atoms with Crippen LogP contribution in [0, 0.1) is 0 Å². The van der Waals surface area contributed by atoms with Crippen molar-refractivity contribution in [2.45, 2.75) is 57.5 Å². The van der Waals surface area contributed by atoms with Crippen molar-refractivity contribution < 1.29 is 8.42 Å². The zero-order valence-corrected chi connectivity index (χ0v) is 11.9. The molecule has 0 N–H and O–H groups in total. The monoisotopic (exact) mass is 269 g/mol. The average molecular weight is 269 g/mol. The summed E-state index contributed by atoms with van der Waals surface area (Å²) in [5, 5.41) is 4.08. The molecule has 3 rings (SSSR count). The zero-order valence-electron chi connectivity index (χ0n) is 11.0. The van der Waals surface area contributed by atoms with Gasteiger partial charge < -0.3 is 0 Å². The van der Waals surface area contributed by atoms with Gasteiger partial charge in [0.1, 0.15) is 0 Å². The van der Waals surface area contributed by atoms with Crippen LogP contribution < -0.4 is 0 Å². The smallest absolute Gasteiger partial charge is 0.256 e. The number of nitrogens with zero attached hydrogens (tertiary/aromatic N) is 3. The first kappa shape index (κ1) is 12.2. The molecule has 0 unspecified atom stereocenters. The van der Waals surface area contributed by atoms with Crippen molar-refractivity contribution in [1.29, 1.82) is 0 Å². The van der Waals surface area contributed by atoms with Gasteiger partial charge in [-0.1, -0.05) is 0 Å². The average Bonchev–Trinajstić information content (AvgIpc) is 2.87. The van der Waals surface area contributed by atoms with Gasteiger partial charge >= 0.3 is 0 Å². The van der Waals surface area contributed by atoms with E-state index in [0.717, 1.165) is 37.2 Å².